The zero-order chi connectivity index (χ0) is 13.2. The molecule has 1 heterocycles. The van der Waals surface area contributed by atoms with E-state index in [2.05, 4.69) is 30.5 Å². The van der Waals surface area contributed by atoms with Crippen LogP contribution >= 0.6 is 11.3 Å². The van der Waals surface area contributed by atoms with Gasteiger partial charge in [0.1, 0.15) is 5.01 Å². The van der Waals surface area contributed by atoms with Crippen molar-refractivity contribution in [3.8, 4) is 11.3 Å². The molecule has 19 heavy (non-hydrogen) atoms. The van der Waals surface area contributed by atoms with Crippen molar-refractivity contribution in [2.24, 2.45) is 5.73 Å². The molecule has 2 nitrogen and oxygen atoms in total. The molecule has 0 fully saturated rings. The lowest BCUT2D eigenvalue weighted by atomic mass is 9.90. The SMILES string of the molecule is CCC(N)c1nc(-c2ccc3c(c2)CCCC3)cs1. The van der Waals surface area contributed by atoms with Gasteiger partial charge in [-0.3, -0.25) is 0 Å². The zero-order valence-electron chi connectivity index (χ0n) is 11.4. The quantitative estimate of drug-likeness (QED) is 0.913. The monoisotopic (exact) mass is 272 g/mol. The standard InChI is InChI=1S/C16H20N2S/c1-2-14(17)16-18-15(10-19-16)13-8-7-11-5-3-4-6-12(11)9-13/h7-10,14H,2-6,17H2,1H3. The Morgan fingerprint density at radius 2 is 2.05 bits per heavy atom. The summed E-state index contributed by atoms with van der Waals surface area (Å²) in [5.74, 6) is 0. The van der Waals surface area contributed by atoms with E-state index >= 15 is 0 Å². The van der Waals surface area contributed by atoms with Crippen LogP contribution in [0.25, 0.3) is 11.3 Å². The van der Waals surface area contributed by atoms with Gasteiger partial charge in [-0.25, -0.2) is 4.98 Å². The molecule has 1 atom stereocenters. The summed E-state index contributed by atoms with van der Waals surface area (Å²) < 4.78 is 0. The lowest BCUT2D eigenvalue weighted by molar-refractivity contribution is 0.685. The number of fused-ring (bicyclic) bond motifs is 1. The van der Waals surface area contributed by atoms with Crippen molar-refractivity contribution in [2.45, 2.75) is 45.1 Å². The Morgan fingerprint density at radius 1 is 1.26 bits per heavy atom. The van der Waals surface area contributed by atoms with Gasteiger partial charge < -0.3 is 5.73 Å². The summed E-state index contributed by atoms with van der Waals surface area (Å²) in [6.45, 7) is 2.10. The molecule has 1 aromatic heterocycles. The fourth-order valence-corrected chi connectivity index (χ4v) is 3.57. The number of hydrogen-bond donors (Lipinski definition) is 1. The first kappa shape index (κ1) is 12.8. The molecule has 2 N–H and O–H groups in total. The molecule has 0 saturated heterocycles. The molecule has 1 aliphatic carbocycles. The number of aromatic nitrogens is 1. The van der Waals surface area contributed by atoms with Crippen LogP contribution in [0.4, 0.5) is 0 Å². The van der Waals surface area contributed by atoms with Gasteiger partial charge in [0.05, 0.1) is 11.7 Å². The van der Waals surface area contributed by atoms with Gasteiger partial charge in [0, 0.05) is 10.9 Å². The molecule has 3 rings (SSSR count). The number of aryl methyl sites for hydroxylation is 2. The van der Waals surface area contributed by atoms with Crippen molar-refractivity contribution in [1.82, 2.24) is 4.98 Å². The van der Waals surface area contributed by atoms with Crippen LogP contribution < -0.4 is 5.73 Å². The van der Waals surface area contributed by atoms with E-state index in [4.69, 9.17) is 10.7 Å². The third-order valence-corrected chi connectivity index (χ3v) is 4.90. The van der Waals surface area contributed by atoms with Crippen LogP contribution in [0.3, 0.4) is 0 Å². The molecule has 3 heteroatoms. The van der Waals surface area contributed by atoms with Crippen LogP contribution in [0.1, 0.15) is 48.4 Å². The minimum Gasteiger partial charge on any atom is -0.322 e. The summed E-state index contributed by atoms with van der Waals surface area (Å²) in [4.78, 5) is 4.69. The average Bonchev–Trinajstić information content (AvgIpc) is 2.95. The van der Waals surface area contributed by atoms with Gasteiger partial charge in [-0.1, -0.05) is 19.1 Å². The summed E-state index contributed by atoms with van der Waals surface area (Å²) in [5.41, 5.74) is 11.4. The van der Waals surface area contributed by atoms with Crippen LogP contribution in [-0.4, -0.2) is 4.98 Å². The van der Waals surface area contributed by atoms with Gasteiger partial charge in [-0.05, 0) is 49.3 Å². The first-order valence-electron chi connectivity index (χ1n) is 7.11. The third kappa shape index (κ3) is 2.58. The van der Waals surface area contributed by atoms with Gasteiger partial charge in [0.25, 0.3) is 0 Å². The van der Waals surface area contributed by atoms with E-state index < -0.39 is 0 Å². The Bertz CT molecular complexity index is 574. The second kappa shape index (κ2) is 5.43. The summed E-state index contributed by atoms with van der Waals surface area (Å²) in [6, 6.07) is 6.89. The van der Waals surface area contributed by atoms with Crippen molar-refractivity contribution < 1.29 is 0 Å². The normalized spacial score (nSPS) is 16.1. The minimum absolute atomic E-state index is 0.0800. The van der Waals surface area contributed by atoms with E-state index in [9.17, 15) is 0 Å². The fraction of sp³-hybridized carbons (Fsp3) is 0.438. The van der Waals surface area contributed by atoms with E-state index in [1.807, 2.05) is 0 Å². The smallest absolute Gasteiger partial charge is 0.110 e. The average molecular weight is 272 g/mol. The Kier molecular flexibility index (Phi) is 3.67. The second-order valence-electron chi connectivity index (χ2n) is 5.28. The van der Waals surface area contributed by atoms with Gasteiger partial charge >= 0.3 is 0 Å². The highest BCUT2D eigenvalue weighted by atomic mass is 32.1. The van der Waals surface area contributed by atoms with Gasteiger partial charge in [0.15, 0.2) is 0 Å². The lowest BCUT2D eigenvalue weighted by Crippen LogP contribution is -2.07. The van der Waals surface area contributed by atoms with E-state index in [1.165, 1.54) is 42.4 Å². The highest BCUT2D eigenvalue weighted by molar-refractivity contribution is 7.10. The van der Waals surface area contributed by atoms with Crippen LogP contribution in [-0.2, 0) is 12.8 Å². The number of nitrogens with two attached hydrogens (primary N) is 1. The predicted octanol–water partition coefficient (Wildman–Crippen LogP) is 4.10. The number of nitrogens with zero attached hydrogens (tertiary/aromatic N) is 1. The molecular formula is C16H20N2S. The Labute approximate surface area is 118 Å². The summed E-state index contributed by atoms with van der Waals surface area (Å²) >= 11 is 1.68. The number of rotatable bonds is 3. The molecule has 0 spiro atoms. The van der Waals surface area contributed by atoms with Crippen molar-refractivity contribution in [3.05, 3.63) is 39.7 Å². The molecule has 1 aliphatic rings. The fourth-order valence-electron chi connectivity index (χ4n) is 2.66. The molecule has 0 radical (unpaired) electrons. The van der Waals surface area contributed by atoms with E-state index in [-0.39, 0.29) is 6.04 Å². The highest BCUT2D eigenvalue weighted by Gasteiger charge is 2.13. The summed E-state index contributed by atoms with van der Waals surface area (Å²) in [6.07, 6.45) is 6.04. The van der Waals surface area contributed by atoms with Crippen LogP contribution in [0.5, 0.6) is 0 Å². The molecule has 0 amide bonds. The van der Waals surface area contributed by atoms with Crippen molar-refractivity contribution in [3.63, 3.8) is 0 Å². The first-order chi connectivity index (χ1) is 9.28. The largest absolute Gasteiger partial charge is 0.322 e. The summed E-state index contributed by atoms with van der Waals surface area (Å²) in [7, 11) is 0. The third-order valence-electron chi connectivity index (χ3n) is 3.92. The van der Waals surface area contributed by atoms with Crippen molar-refractivity contribution in [1.29, 1.82) is 0 Å². The van der Waals surface area contributed by atoms with Gasteiger partial charge in [-0.15, -0.1) is 11.3 Å². The van der Waals surface area contributed by atoms with Crippen LogP contribution in [0.2, 0.25) is 0 Å². The predicted molar refractivity (Wildman–Crippen MR) is 81.4 cm³/mol. The molecule has 2 aromatic rings. The minimum atomic E-state index is 0.0800. The molecule has 0 aliphatic heterocycles. The number of thiazole rings is 1. The van der Waals surface area contributed by atoms with Crippen molar-refractivity contribution >= 4 is 11.3 Å². The van der Waals surface area contributed by atoms with Gasteiger partial charge in [-0.2, -0.15) is 0 Å². The van der Waals surface area contributed by atoms with E-state index in [1.54, 1.807) is 11.3 Å². The highest BCUT2D eigenvalue weighted by Crippen LogP contribution is 2.29. The second-order valence-corrected chi connectivity index (χ2v) is 6.17. The van der Waals surface area contributed by atoms with Crippen LogP contribution in [0, 0.1) is 0 Å². The molecular weight excluding hydrogens is 252 g/mol. The molecule has 1 aromatic carbocycles. The van der Waals surface area contributed by atoms with Crippen LogP contribution in [0.15, 0.2) is 23.6 Å². The Hall–Kier alpha value is -1.19. The Morgan fingerprint density at radius 3 is 2.84 bits per heavy atom. The van der Waals surface area contributed by atoms with Crippen molar-refractivity contribution in [2.75, 3.05) is 0 Å². The van der Waals surface area contributed by atoms with Gasteiger partial charge in [0.2, 0.25) is 0 Å². The number of hydrogen-bond acceptors (Lipinski definition) is 3. The maximum Gasteiger partial charge on any atom is 0.110 e. The maximum atomic E-state index is 6.04. The van der Waals surface area contributed by atoms with E-state index in [0.29, 0.717) is 0 Å². The van der Waals surface area contributed by atoms with E-state index in [0.717, 1.165) is 17.1 Å². The number of benzene rings is 1. The maximum absolute atomic E-state index is 6.04. The molecule has 1 unspecified atom stereocenters. The molecule has 100 valence electrons. The lowest BCUT2D eigenvalue weighted by Gasteiger charge is -2.16. The first-order valence-corrected chi connectivity index (χ1v) is 7.99. The topological polar surface area (TPSA) is 38.9 Å². The summed E-state index contributed by atoms with van der Waals surface area (Å²) in [5, 5.41) is 3.19. The molecule has 0 saturated carbocycles. The molecule has 0 bridgehead atoms. The Balaban J connectivity index is 1.91. The zero-order valence-corrected chi connectivity index (χ0v) is 12.2.